The van der Waals surface area contributed by atoms with Gasteiger partial charge in [-0.05, 0) is 49.2 Å². The molecule has 2 aromatic carbocycles. The van der Waals surface area contributed by atoms with Crippen LogP contribution in [0.1, 0.15) is 22.7 Å². The van der Waals surface area contributed by atoms with Gasteiger partial charge in [0, 0.05) is 10.5 Å². The molecular weight excluding hydrogens is 314 g/mol. The number of halogens is 1. The summed E-state index contributed by atoms with van der Waals surface area (Å²) < 4.78 is 6.58. The number of para-hydroxylation sites is 1. The molecule has 1 atom stereocenters. The Hall–Kier alpha value is -1.32. The zero-order valence-corrected chi connectivity index (χ0v) is 13.7. The Labute approximate surface area is 129 Å². The molecule has 0 amide bonds. The molecule has 0 aromatic heterocycles. The lowest BCUT2D eigenvalue weighted by Crippen LogP contribution is -2.19. The highest BCUT2D eigenvalue weighted by atomic mass is 79.9. The third kappa shape index (κ3) is 3.41. The Morgan fingerprint density at radius 2 is 1.95 bits per heavy atom. The van der Waals surface area contributed by atoms with Crippen LogP contribution in [-0.2, 0) is 6.42 Å². The van der Waals surface area contributed by atoms with Crippen LogP contribution >= 0.6 is 15.9 Å². The van der Waals surface area contributed by atoms with Crippen molar-refractivity contribution < 1.29 is 4.74 Å². The molecule has 20 heavy (non-hydrogen) atoms. The lowest BCUT2D eigenvalue weighted by atomic mass is 9.97. The standard InChI is InChI=1S/C17H20BrNO/c1-12-8-9-14(15(18)10-12)16(19-2)11-13-6-4-5-7-17(13)20-3/h4-10,16,19H,11H2,1-3H3. The average molecular weight is 334 g/mol. The number of benzene rings is 2. The molecule has 2 nitrogen and oxygen atoms in total. The van der Waals surface area contributed by atoms with Gasteiger partial charge in [-0.25, -0.2) is 0 Å². The molecule has 1 unspecified atom stereocenters. The van der Waals surface area contributed by atoms with Crippen LogP contribution in [0.15, 0.2) is 46.9 Å². The first-order chi connectivity index (χ1) is 9.65. The van der Waals surface area contributed by atoms with Crippen LogP contribution in [0.2, 0.25) is 0 Å². The molecule has 0 bridgehead atoms. The SMILES string of the molecule is CNC(Cc1ccccc1OC)c1ccc(C)cc1Br. The summed E-state index contributed by atoms with van der Waals surface area (Å²) in [6.45, 7) is 2.10. The third-order valence-corrected chi connectivity index (χ3v) is 4.18. The second-order valence-corrected chi connectivity index (χ2v) is 5.74. The predicted molar refractivity (Wildman–Crippen MR) is 87.4 cm³/mol. The first-order valence-electron chi connectivity index (χ1n) is 6.71. The van der Waals surface area contributed by atoms with E-state index in [-0.39, 0.29) is 6.04 Å². The Bertz CT molecular complexity index is 583. The second-order valence-electron chi connectivity index (χ2n) is 4.88. The summed E-state index contributed by atoms with van der Waals surface area (Å²) in [5.74, 6) is 0.941. The Balaban J connectivity index is 2.29. The van der Waals surface area contributed by atoms with E-state index in [0.29, 0.717) is 0 Å². The van der Waals surface area contributed by atoms with Crippen molar-refractivity contribution in [2.45, 2.75) is 19.4 Å². The molecule has 1 N–H and O–H groups in total. The predicted octanol–water partition coefficient (Wildman–Crippen LogP) is 4.27. The minimum Gasteiger partial charge on any atom is -0.496 e. The van der Waals surface area contributed by atoms with E-state index in [4.69, 9.17) is 4.74 Å². The smallest absolute Gasteiger partial charge is 0.122 e. The van der Waals surface area contributed by atoms with Gasteiger partial charge in [0.1, 0.15) is 5.75 Å². The summed E-state index contributed by atoms with van der Waals surface area (Å²) in [7, 11) is 3.71. The number of hydrogen-bond acceptors (Lipinski definition) is 2. The second kappa shape index (κ2) is 6.91. The topological polar surface area (TPSA) is 21.3 Å². The molecule has 0 fully saturated rings. The number of hydrogen-bond donors (Lipinski definition) is 1. The molecule has 3 heteroatoms. The zero-order chi connectivity index (χ0) is 14.5. The van der Waals surface area contributed by atoms with Crippen molar-refractivity contribution in [2.75, 3.05) is 14.2 Å². The minimum atomic E-state index is 0.251. The lowest BCUT2D eigenvalue weighted by Gasteiger charge is -2.20. The van der Waals surface area contributed by atoms with E-state index in [0.717, 1.165) is 16.6 Å². The van der Waals surface area contributed by atoms with Gasteiger partial charge < -0.3 is 10.1 Å². The fourth-order valence-electron chi connectivity index (χ4n) is 2.37. The van der Waals surface area contributed by atoms with E-state index in [1.807, 2.05) is 19.2 Å². The number of ether oxygens (including phenoxy) is 1. The van der Waals surface area contributed by atoms with E-state index in [2.05, 4.69) is 58.5 Å². The zero-order valence-electron chi connectivity index (χ0n) is 12.1. The van der Waals surface area contributed by atoms with Gasteiger partial charge in [-0.3, -0.25) is 0 Å². The van der Waals surface area contributed by atoms with Gasteiger partial charge in [-0.15, -0.1) is 0 Å². The molecule has 0 aliphatic carbocycles. The maximum atomic E-state index is 5.44. The highest BCUT2D eigenvalue weighted by molar-refractivity contribution is 9.10. The summed E-state index contributed by atoms with van der Waals surface area (Å²) in [4.78, 5) is 0. The van der Waals surface area contributed by atoms with Crippen molar-refractivity contribution in [1.82, 2.24) is 5.32 Å². The van der Waals surface area contributed by atoms with E-state index >= 15 is 0 Å². The lowest BCUT2D eigenvalue weighted by molar-refractivity contribution is 0.406. The van der Waals surface area contributed by atoms with Gasteiger partial charge in [0.15, 0.2) is 0 Å². The maximum absolute atomic E-state index is 5.44. The molecule has 0 aliphatic heterocycles. The Morgan fingerprint density at radius 1 is 1.20 bits per heavy atom. The van der Waals surface area contributed by atoms with Crippen molar-refractivity contribution in [3.8, 4) is 5.75 Å². The molecule has 0 heterocycles. The summed E-state index contributed by atoms with van der Waals surface area (Å²) >= 11 is 3.67. The van der Waals surface area contributed by atoms with Gasteiger partial charge in [-0.2, -0.15) is 0 Å². The summed E-state index contributed by atoms with van der Waals surface area (Å²) in [5, 5.41) is 3.39. The van der Waals surface area contributed by atoms with Crippen LogP contribution < -0.4 is 10.1 Å². The Kier molecular flexibility index (Phi) is 5.21. The van der Waals surface area contributed by atoms with E-state index in [1.165, 1.54) is 16.7 Å². The van der Waals surface area contributed by atoms with Crippen LogP contribution in [-0.4, -0.2) is 14.2 Å². The summed E-state index contributed by atoms with van der Waals surface area (Å²) in [6.07, 6.45) is 0.891. The summed E-state index contributed by atoms with van der Waals surface area (Å²) in [5.41, 5.74) is 3.73. The van der Waals surface area contributed by atoms with Crippen LogP contribution in [0.4, 0.5) is 0 Å². The van der Waals surface area contributed by atoms with Crippen molar-refractivity contribution in [1.29, 1.82) is 0 Å². The monoisotopic (exact) mass is 333 g/mol. The first kappa shape index (κ1) is 15.1. The van der Waals surface area contributed by atoms with Gasteiger partial charge in [-0.1, -0.05) is 46.3 Å². The molecule has 0 spiro atoms. The highest BCUT2D eigenvalue weighted by Crippen LogP contribution is 2.29. The number of methoxy groups -OCH3 is 1. The maximum Gasteiger partial charge on any atom is 0.122 e. The quantitative estimate of drug-likeness (QED) is 0.882. The number of nitrogens with one attached hydrogen (secondary N) is 1. The number of rotatable bonds is 5. The van der Waals surface area contributed by atoms with Crippen LogP contribution in [0.25, 0.3) is 0 Å². The molecule has 0 saturated carbocycles. The minimum absolute atomic E-state index is 0.251. The van der Waals surface area contributed by atoms with Crippen molar-refractivity contribution in [3.05, 3.63) is 63.6 Å². The molecule has 0 aliphatic rings. The van der Waals surface area contributed by atoms with Gasteiger partial charge in [0.05, 0.1) is 7.11 Å². The largest absolute Gasteiger partial charge is 0.496 e. The highest BCUT2D eigenvalue weighted by Gasteiger charge is 2.15. The molecule has 2 aromatic rings. The van der Waals surface area contributed by atoms with Crippen LogP contribution in [0, 0.1) is 6.92 Å². The third-order valence-electron chi connectivity index (χ3n) is 3.50. The Morgan fingerprint density at radius 3 is 2.60 bits per heavy atom. The number of aryl methyl sites for hydroxylation is 1. The van der Waals surface area contributed by atoms with E-state index in [9.17, 15) is 0 Å². The first-order valence-corrected chi connectivity index (χ1v) is 7.50. The number of likely N-dealkylation sites (N-methyl/N-ethyl adjacent to an activating group) is 1. The summed E-state index contributed by atoms with van der Waals surface area (Å²) in [6, 6.07) is 14.9. The van der Waals surface area contributed by atoms with Crippen molar-refractivity contribution in [3.63, 3.8) is 0 Å². The van der Waals surface area contributed by atoms with Gasteiger partial charge in [0.25, 0.3) is 0 Å². The van der Waals surface area contributed by atoms with Crippen molar-refractivity contribution >= 4 is 15.9 Å². The van der Waals surface area contributed by atoms with Crippen molar-refractivity contribution in [2.24, 2.45) is 0 Å². The molecular formula is C17H20BrNO. The fourth-order valence-corrected chi connectivity index (χ4v) is 3.14. The molecule has 0 radical (unpaired) electrons. The van der Waals surface area contributed by atoms with Crippen LogP contribution in [0.5, 0.6) is 5.75 Å². The van der Waals surface area contributed by atoms with E-state index < -0.39 is 0 Å². The molecule has 0 saturated heterocycles. The fraction of sp³-hybridized carbons (Fsp3) is 0.294. The van der Waals surface area contributed by atoms with Gasteiger partial charge in [0.2, 0.25) is 0 Å². The molecule has 106 valence electrons. The van der Waals surface area contributed by atoms with E-state index in [1.54, 1.807) is 7.11 Å². The average Bonchev–Trinajstić information content (AvgIpc) is 2.46. The van der Waals surface area contributed by atoms with Crippen LogP contribution in [0.3, 0.4) is 0 Å². The molecule has 2 rings (SSSR count). The van der Waals surface area contributed by atoms with Gasteiger partial charge >= 0.3 is 0 Å². The normalized spacial score (nSPS) is 12.2.